The fourth-order valence-corrected chi connectivity index (χ4v) is 1.49. The van der Waals surface area contributed by atoms with Crippen molar-refractivity contribution in [2.24, 2.45) is 5.41 Å². The fourth-order valence-electron chi connectivity index (χ4n) is 1.49. The number of amides is 1. The first-order valence-electron chi connectivity index (χ1n) is 6.57. The van der Waals surface area contributed by atoms with E-state index in [2.05, 4.69) is 37.9 Å². The summed E-state index contributed by atoms with van der Waals surface area (Å²) in [6, 6.07) is 3.83. The number of hydrogen-bond acceptors (Lipinski definition) is 2. The van der Waals surface area contributed by atoms with Gasteiger partial charge in [-0.1, -0.05) is 32.6 Å². The number of rotatable bonds is 4. The monoisotopic (exact) mass is 277 g/mol. The molecule has 0 unspecified atom stereocenters. The van der Waals surface area contributed by atoms with Crippen LogP contribution in [0.1, 0.15) is 43.1 Å². The van der Waals surface area contributed by atoms with Crippen molar-refractivity contribution in [2.75, 3.05) is 13.2 Å². The minimum atomic E-state index is -0.460. The van der Waals surface area contributed by atoms with Crippen LogP contribution in [0.15, 0.2) is 18.2 Å². The number of nitrogens with one attached hydrogen (secondary N) is 1. The van der Waals surface area contributed by atoms with Crippen LogP contribution in [0.3, 0.4) is 0 Å². The van der Waals surface area contributed by atoms with Gasteiger partial charge in [0.15, 0.2) is 0 Å². The van der Waals surface area contributed by atoms with Crippen molar-refractivity contribution in [3.05, 3.63) is 35.1 Å². The number of carbonyl (C=O) groups is 1. The summed E-state index contributed by atoms with van der Waals surface area (Å²) in [6.07, 6.45) is 0.938. The lowest BCUT2D eigenvalue weighted by atomic mass is 9.90. The summed E-state index contributed by atoms with van der Waals surface area (Å²) >= 11 is 0. The molecule has 0 spiro atoms. The normalized spacial score (nSPS) is 10.7. The van der Waals surface area contributed by atoms with Crippen LogP contribution in [-0.4, -0.2) is 24.2 Å². The van der Waals surface area contributed by atoms with Gasteiger partial charge in [-0.2, -0.15) is 0 Å². The Labute approximate surface area is 119 Å². The molecule has 1 aromatic carbocycles. The highest BCUT2D eigenvalue weighted by molar-refractivity contribution is 5.96. The minimum absolute atomic E-state index is 0.00658. The zero-order valence-corrected chi connectivity index (χ0v) is 12.1. The Kier molecular flexibility index (Phi) is 5.72. The molecule has 20 heavy (non-hydrogen) atoms. The largest absolute Gasteiger partial charge is 0.384 e. The average Bonchev–Trinajstić information content (AvgIpc) is 2.42. The van der Waals surface area contributed by atoms with E-state index >= 15 is 0 Å². The quantitative estimate of drug-likeness (QED) is 0.830. The zero-order valence-electron chi connectivity index (χ0n) is 12.1. The molecular weight excluding hydrogens is 257 g/mol. The fraction of sp³-hybridized carbons (Fsp3) is 0.438. The van der Waals surface area contributed by atoms with Crippen molar-refractivity contribution < 1.29 is 14.3 Å². The summed E-state index contributed by atoms with van der Waals surface area (Å²) in [6.45, 7) is 6.38. The molecule has 0 aliphatic rings. The summed E-state index contributed by atoms with van der Waals surface area (Å²) in [5.74, 6) is 4.28. The maximum atomic E-state index is 13.2. The lowest BCUT2D eigenvalue weighted by Crippen LogP contribution is -2.34. The molecule has 0 aliphatic carbocycles. The standard InChI is InChI=1S/C16H20FNO2/c1-4-16(2,3)11-18-15(20)14-8-7-13(17)10-12(14)6-5-9-19/h7-8,10,19H,4,9,11H2,1-3H3,(H,18,20). The second-order valence-electron chi connectivity index (χ2n) is 5.35. The maximum Gasteiger partial charge on any atom is 0.252 e. The average molecular weight is 277 g/mol. The van der Waals surface area contributed by atoms with E-state index in [0.29, 0.717) is 12.1 Å². The third-order valence-corrected chi connectivity index (χ3v) is 3.21. The highest BCUT2D eigenvalue weighted by atomic mass is 19.1. The second-order valence-corrected chi connectivity index (χ2v) is 5.35. The Morgan fingerprint density at radius 3 is 2.75 bits per heavy atom. The highest BCUT2D eigenvalue weighted by Gasteiger charge is 2.18. The van der Waals surface area contributed by atoms with Gasteiger partial charge < -0.3 is 10.4 Å². The van der Waals surface area contributed by atoms with Crippen LogP contribution in [0.25, 0.3) is 0 Å². The SMILES string of the molecule is CCC(C)(C)CNC(=O)c1ccc(F)cc1C#CCO. The van der Waals surface area contributed by atoms with Gasteiger partial charge in [0.2, 0.25) is 0 Å². The van der Waals surface area contributed by atoms with E-state index in [9.17, 15) is 9.18 Å². The van der Waals surface area contributed by atoms with Crippen LogP contribution in [0.4, 0.5) is 4.39 Å². The van der Waals surface area contributed by atoms with Gasteiger partial charge in [0, 0.05) is 12.1 Å². The molecular formula is C16H20FNO2. The summed E-state index contributed by atoms with van der Waals surface area (Å²) < 4.78 is 13.2. The van der Waals surface area contributed by atoms with Gasteiger partial charge >= 0.3 is 0 Å². The van der Waals surface area contributed by atoms with Crippen LogP contribution in [-0.2, 0) is 0 Å². The van der Waals surface area contributed by atoms with Crippen LogP contribution < -0.4 is 5.32 Å². The summed E-state index contributed by atoms with van der Waals surface area (Å²) in [5, 5.41) is 11.5. The number of benzene rings is 1. The van der Waals surface area contributed by atoms with Gasteiger partial charge in [0.1, 0.15) is 12.4 Å². The van der Waals surface area contributed by atoms with Gasteiger partial charge in [-0.3, -0.25) is 4.79 Å². The Balaban J connectivity index is 2.92. The first kappa shape index (κ1) is 16.2. The molecule has 4 heteroatoms. The van der Waals surface area contributed by atoms with Crippen molar-refractivity contribution in [1.29, 1.82) is 0 Å². The molecule has 0 heterocycles. The van der Waals surface area contributed by atoms with E-state index in [1.165, 1.54) is 18.2 Å². The van der Waals surface area contributed by atoms with Gasteiger partial charge in [-0.25, -0.2) is 4.39 Å². The van der Waals surface area contributed by atoms with Crippen LogP contribution in [0, 0.1) is 23.1 Å². The Morgan fingerprint density at radius 1 is 1.45 bits per heavy atom. The van der Waals surface area contributed by atoms with E-state index in [-0.39, 0.29) is 23.5 Å². The number of halogens is 1. The Bertz CT molecular complexity index is 541. The van der Waals surface area contributed by atoms with E-state index < -0.39 is 5.82 Å². The number of aliphatic hydroxyl groups excluding tert-OH is 1. The lowest BCUT2D eigenvalue weighted by Gasteiger charge is -2.23. The molecule has 1 rings (SSSR count). The van der Waals surface area contributed by atoms with E-state index in [1.807, 2.05) is 0 Å². The smallest absolute Gasteiger partial charge is 0.252 e. The third-order valence-electron chi connectivity index (χ3n) is 3.21. The van der Waals surface area contributed by atoms with E-state index in [4.69, 9.17) is 5.11 Å². The number of aliphatic hydroxyl groups is 1. The molecule has 1 aromatic rings. The first-order chi connectivity index (χ1) is 9.39. The Morgan fingerprint density at radius 2 is 2.15 bits per heavy atom. The van der Waals surface area contributed by atoms with Gasteiger partial charge in [0.25, 0.3) is 5.91 Å². The first-order valence-corrected chi connectivity index (χ1v) is 6.57. The number of hydrogen-bond donors (Lipinski definition) is 2. The molecule has 0 fully saturated rings. The molecule has 0 radical (unpaired) electrons. The molecule has 0 aromatic heterocycles. The predicted molar refractivity (Wildman–Crippen MR) is 76.8 cm³/mol. The molecule has 0 atom stereocenters. The van der Waals surface area contributed by atoms with Crippen LogP contribution >= 0.6 is 0 Å². The Hall–Kier alpha value is -1.86. The zero-order chi connectivity index (χ0) is 15.2. The van der Waals surface area contributed by atoms with Gasteiger partial charge in [-0.05, 0) is 30.0 Å². The topological polar surface area (TPSA) is 49.3 Å². The molecule has 3 nitrogen and oxygen atoms in total. The second kappa shape index (κ2) is 7.06. The predicted octanol–water partition coefficient (Wildman–Crippen LogP) is 2.34. The summed E-state index contributed by atoms with van der Waals surface area (Å²) in [4.78, 5) is 12.1. The van der Waals surface area contributed by atoms with Gasteiger partial charge in [0.05, 0.1) is 5.56 Å². The summed E-state index contributed by atoms with van der Waals surface area (Å²) in [7, 11) is 0. The van der Waals surface area contributed by atoms with E-state index in [1.54, 1.807) is 0 Å². The molecule has 2 N–H and O–H groups in total. The van der Waals surface area contributed by atoms with Crippen molar-refractivity contribution in [3.8, 4) is 11.8 Å². The molecule has 0 saturated heterocycles. The molecule has 0 aliphatic heterocycles. The molecule has 0 bridgehead atoms. The third kappa shape index (κ3) is 4.67. The maximum absolute atomic E-state index is 13.2. The lowest BCUT2D eigenvalue weighted by molar-refractivity contribution is 0.0935. The van der Waals surface area contributed by atoms with Crippen LogP contribution in [0.2, 0.25) is 0 Å². The van der Waals surface area contributed by atoms with Gasteiger partial charge in [-0.15, -0.1) is 0 Å². The minimum Gasteiger partial charge on any atom is -0.384 e. The van der Waals surface area contributed by atoms with Crippen molar-refractivity contribution >= 4 is 5.91 Å². The van der Waals surface area contributed by atoms with E-state index in [0.717, 1.165) is 6.42 Å². The molecule has 108 valence electrons. The summed E-state index contributed by atoms with van der Waals surface area (Å²) in [5.41, 5.74) is 0.609. The highest BCUT2D eigenvalue weighted by Crippen LogP contribution is 2.18. The van der Waals surface area contributed by atoms with Crippen LogP contribution in [0.5, 0.6) is 0 Å². The van der Waals surface area contributed by atoms with Crippen molar-refractivity contribution in [3.63, 3.8) is 0 Å². The molecule has 1 amide bonds. The number of carbonyl (C=O) groups excluding carboxylic acids is 1. The molecule has 0 saturated carbocycles. The van der Waals surface area contributed by atoms with Crippen molar-refractivity contribution in [1.82, 2.24) is 5.32 Å². The van der Waals surface area contributed by atoms with Crippen molar-refractivity contribution in [2.45, 2.75) is 27.2 Å².